The molecular formula is C26H53FO10Si4. The molecule has 0 saturated carbocycles. The van der Waals surface area contributed by atoms with E-state index in [2.05, 4.69) is 68.5 Å². The molecule has 10 nitrogen and oxygen atoms in total. The van der Waals surface area contributed by atoms with E-state index in [1.165, 1.54) is 0 Å². The number of ether oxygens (including phenoxy) is 5. The van der Waals surface area contributed by atoms with E-state index < -0.39 is 52.7 Å². The summed E-state index contributed by atoms with van der Waals surface area (Å²) in [6, 6.07) is 2.49. The fraction of sp³-hybridized carbons (Fsp3) is 0.769. The Morgan fingerprint density at radius 2 is 1.12 bits per heavy atom. The smallest absolute Gasteiger partial charge is 0.436 e. The highest BCUT2D eigenvalue weighted by Gasteiger charge is 2.45. The Morgan fingerprint density at radius 1 is 0.634 bits per heavy atom. The van der Waals surface area contributed by atoms with Gasteiger partial charge < -0.3 is 36.0 Å². The Labute approximate surface area is 250 Å². The first-order valence-corrected chi connectivity index (χ1v) is 25.8. The Kier molecular flexibility index (Phi) is 19.9. The van der Waals surface area contributed by atoms with Crippen LogP contribution in [0.4, 0.5) is 14.0 Å². The van der Waals surface area contributed by atoms with Crippen molar-refractivity contribution in [2.24, 2.45) is 0 Å². The third-order valence-corrected chi connectivity index (χ3v) is 21.9. The molecule has 0 aromatic rings. The molecule has 0 aliphatic carbocycles. The molecule has 0 N–H and O–H groups in total. The van der Waals surface area contributed by atoms with Crippen LogP contribution in [-0.2, 0) is 36.0 Å². The van der Waals surface area contributed by atoms with Gasteiger partial charge in [-0.15, -0.1) is 0 Å². The summed E-state index contributed by atoms with van der Waals surface area (Å²) in [5, 5.41) is 0. The molecule has 1 atom stereocenters. The maximum atomic E-state index is 12.5. The predicted octanol–water partition coefficient (Wildman–Crippen LogP) is 7.75. The van der Waals surface area contributed by atoms with Crippen LogP contribution < -0.4 is 0 Å². The number of alkyl halides is 1. The van der Waals surface area contributed by atoms with Crippen LogP contribution in [0, 0.1) is 0 Å². The Bertz CT molecular complexity index is 785. The van der Waals surface area contributed by atoms with Crippen LogP contribution in [0.2, 0.25) is 64.0 Å². The largest absolute Gasteiger partial charge is 0.513 e. The molecule has 0 heterocycles. The number of rotatable bonds is 24. The first-order chi connectivity index (χ1) is 19.1. The zero-order valence-corrected chi connectivity index (χ0v) is 30.2. The normalized spacial score (nSPS) is 13.7. The van der Waals surface area contributed by atoms with Crippen LogP contribution in [0.1, 0.15) is 32.1 Å². The molecule has 0 bridgehead atoms. The highest BCUT2D eigenvalue weighted by Crippen LogP contribution is 2.31. The fourth-order valence-corrected chi connectivity index (χ4v) is 24.4. The molecule has 0 aliphatic rings. The summed E-state index contributed by atoms with van der Waals surface area (Å²) in [5.74, 6) is 0. The highest BCUT2D eigenvalue weighted by atomic mass is 28.5. The van der Waals surface area contributed by atoms with Crippen LogP contribution in [0.3, 0.4) is 0 Å². The predicted molar refractivity (Wildman–Crippen MR) is 167 cm³/mol. The third kappa shape index (κ3) is 21.9. The van der Waals surface area contributed by atoms with E-state index in [1.807, 2.05) is 0 Å². The molecule has 0 rings (SSSR count). The lowest BCUT2D eigenvalue weighted by Crippen LogP contribution is -2.57. The summed E-state index contributed by atoms with van der Waals surface area (Å²) in [7, 11) is -9.50. The lowest BCUT2D eigenvalue weighted by Gasteiger charge is -2.42. The van der Waals surface area contributed by atoms with Crippen molar-refractivity contribution >= 4 is 46.1 Å². The van der Waals surface area contributed by atoms with Crippen LogP contribution in [0.15, 0.2) is 25.7 Å². The second-order valence-electron chi connectivity index (χ2n) is 11.4. The minimum Gasteiger partial charge on any atom is -0.436 e. The number of carbonyl (C=O) groups excluding carboxylic acids is 2. The monoisotopic (exact) mass is 656 g/mol. The van der Waals surface area contributed by atoms with Gasteiger partial charge in [-0.25, -0.2) is 14.0 Å². The first-order valence-electron chi connectivity index (χ1n) is 14.2. The maximum absolute atomic E-state index is 12.5. The van der Waals surface area contributed by atoms with E-state index in [0.29, 0.717) is 31.9 Å². The average molecular weight is 657 g/mol. The molecule has 0 amide bonds. The molecule has 0 radical (unpaired) electrons. The molecule has 41 heavy (non-hydrogen) atoms. The molecule has 15 heteroatoms. The number of hydrogen-bond donors (Lipinski definition) is 0. The van der Waals surface area contributed by atoms with Gasteiger partial charge in [-0.2, -0.15) is 0 Å². The number of unbranched alkanes of at least 4 members (excludes halogenated alkanes) is 2. The van der Waals surface area contributed by atoms with Gasteiger partial charge in [0.05, 0.1) is 32.3 Å². The second kappa shape index (κ2) is 20.5. The van der Waals surface area contributed by atoms with E-state index in [1.54, 1.807) is 0 Å². The van der Waals surface area contributed by atoms with Crippen LogP contribution in [0.5, 0.6) is 0 Å². The molecule has 0 saturated heterocycles. The van der Waals surface area contributed by atoms with Crippen molar-refractivity contribution in [2.75, 3.05) is 33.1 Å². The van der Waals surface area contributed by atoms with E-state index in [0.717, 1.165) is 37.5 Å². The van der Waals surface area contributed by atoms with Gasteiger partial charge in [-0.3, -0.25) is 0 Å². The van der Waals surface area contributed by atoms with E-state index >= 15 is 0 Å². The van der Waals surface area contributed by atoms with Gasteiger partial charge in [0, 0.05) is 6.61 Å². The van der Waals surface area contributed by atoms with Crippen molar-refractivity contribution in [1.82, 2.24) is 0 Å². The van der Waals surface area contributed by atoms with Gasteiger partial charge in [0.2, 0.25) is 0 Å². The number of halogens is 1. The summed E-state index contributed by atoms with van der Waals surface area (Å²) in [6.45, 7) is 22.2. The third-order valence-electron chi connectivity index (χ3n) is 5.76. The Morgan fingerprint density at radius 3 is 1.59 bits per heavy atom. The molecule has 0 aliphatic heterocycles. The van der Waals surface area contributed by atoms with Crippen molar-refractivity contribution in [3.8, 4) is 0 Å². The molecule has 0 aromatic heterocycles. The van der Waals surface area contributed by atoms with Gasteiger partial charge >= 0.3 is 29.4 Å². The summed E-state index contributed by atoms with van der Waals surface area (Å²) < 4.78 is 57.4. The van der Waals surface area contributed by atoms with Crippen molar-refractivity contribution in [1.29, 1.82) is 0 Å². The van der Waals surface area contributed by atoms with E-state index in [-0.39, 0.29) is 19.8 Å². The molecule has 240 valence electrons. The summed E-state index contributed by atoms with van der Waals surface area (Å²) in [5.41, 5.74) is 0. The highest BCUT2D eigenvalue weighted by molar-refractivity contribution is 6.89. The summed E-state index contributed by atoms with van der Waals surface area (Å²) >= 11 is 0. The maximum Gasteiger partial charge on any atom is 0.513 e. The summed E-state index contributed by atoms with van der Waals surface area (Å²) in [4.78, 5) is 22.6. The van der Waals surface area contributed by atoms with Gasteiger partial charge in [-0.05, 0) is 83.2 Å². The van der Waals surface area contributed by atoms with Gasteiger partial charge in [0.15, 0.2) is 16.6 Å². The van der Waals surface area contributed by atoms with Crippen LogP contribution in [-0.4, -0.2) is 79.2 Å². The van der Waals surface area contributed by atoms with Gasteiger partial charge in [0.25, 0.3) is 0 Å². The SMILES string of the molecule is C=COC(=O)OCCCC[Si](C)(C)O[Si](C)(C)O[Si](C)(CCCOCCF)O[Si](C)(C)CCCCOC(=O)OC=C. The average Bonchev–Trinajstić information content (AvgIpc) is 2.82. The molecule has 0 fully saturated rings. The Hall–Kier alpha value is -1.34. The van der Waals surface area contributed by atoms with E-state index in [9.17, 15) is 14.0 Å². The minimum absolute atomic E-state index is 0.0895. The van der Waals surface area contributed by atoms with Crippen molar-refractivity contribution < 1.29 is 50.0 Å². The van der Waals surface area contributed by atoms with Gasteiger partial charge in [-0.1, -0.05) is 26.0 Å². The lowest BCUT2D eigenvalue weighted by molar-refractivity contribution is 0.0827. The fourth-order valence-electron chi connectivity index (χ4n) is 4.49. The minimum atomic E-state index is -2.69. The number of carbonyl (C=O) groups is 2. The Balaban J connectivity index is 5.10. The zero-order chi connectivity index (χ0) is 31.4. The molecule has 0 aromatic carbocycles. The van der Waals surface area contributed by atoms with E-state index in [4.69, 9.17) is 26.6 Å². The lowest BCUT2D eigenvalue weighted by atomic mass is 10.4. The van der Waals surface area contributed by atoms with Crippen LogP contribution in [0.25, 0.3) is 0 Å². The molecular weight excluding hydrogens is 604 g/mol. The topological polar surface area (TPSA) is 108 Å². The van der Waals surface area contributed by atoms with Crippen molar-refractivity contribution in [2.45, 2.75) is 96.1 Å². The molecule has 0 spiro atoms. The quantitative estimate of drug-likeness (QED) is 0.0443. The molecule has 1 unspecified atom stereocenters. The van der Waals surface area contributed by atoms with Crippen molar-refractivity contribution in [3.05, 3.63) is 25.7 Å². The van der Waals surface area contributed by atoms with Crippen molar-refractivity contribution in [3.63, 3.8) is 0 Å². The standard InChI is InChI=1S/C26H53FO10Si4/c1-10-31-25(28)33-19-12-14-22-38(3,4)35-40(7,8)37-41(9,24-16-18-30-21-17-27)36-39(5,6)23-15-13-20-34-26(29)32-11-2/h10-11H,1-2,12-24H2,3-9H3. The van der Waals surface area contributed by atoms with Crippen LogP contribution >= 0.6 is 0 Å². The second-order valence-corrected chi connectivity index (χ2v) is 27.5. The first kappa shape index (κ1) is 39.7. The number of hydrogen-bond acceptors (Lipinski definition) is 10. The zero-order valence-electron chi connectivity index (χ0n) is 26.2. The summed E-state index contributed by atoms with van der Waals surface area (Å²) in [6.07, 6.45) is 4.41. The van der Waals surface area contributed by atoms with Gasteiger partial charge in [0.1, 0.15) is 6.67 Å².